The second kappa shape index (κ2) is 5.90. The van der Waals surface area contributed by atoms with Gasteiger partial charge in [0.15, 0.2) is 0 Å². The molecule has 3 nitrogen and oxygen atoms in total. The maximum atomic E-state index is 13.5. The Kier molecular flexibility index (Phi) is 4.21. The average Bonchev–Trinajstić information content (AvgIpc) is 2.45. The molecule has 0 atom stereocenters. The molecule has 1 aromatic heterocycles. The molecule has 0 aliphatic carbocycles. The normalized spacial score (nSPS) is 11.2. The topological polar surface area (TPSA) is 42.0 Å². The molecule has 0 aliphatic heterocycles. The SMILES string of the molecule is O=C(NCc1ccncc1)c1cc(C(F)(F)F)ccc1F. The van der Waals surface area contributed by atoms with Crippen LogP contribution in [0, 0.1) is 5.82 Å². The monoisotopic (exact) mass is 298 g/mol. The highest BCUT2D eigenvalue weighted by Crippen LogP contribution is 2.30. The predicted octanol–water partition coefficient (Wildman–Crippen LogP) is 3.17. The van der Waals surface area contributed by atoms with Crippen molar-refractivity contribution in [3.63, 3.8) is 0 Å². The summed E-state index contributed by atoms with van der Waals surface area (Å²) >= 11 is 0. The predicted molar refractivity (Wildman–Crippen MR) is 66.8 cm³/mol. The van der Waals surface area contributed by atoms with Gasteiger partial charge in [-0.15, -0.1) is 0 Å². The maximum absolute atomic E-state index is 13.5. The molecule has 110 valence electrons. The number of carbonyl (C=O) groups excluding carboxylic acids is 1. The Balaban J connectivity index is 2.15. The van der Waals surface area contributed by atoms with Gasteiger partial charge in [-0.2, -0.15) is 13.2 Å². The van der Waals surface area contributed by atoms with Crippen LogP contribution in [0.2, 0.25) is 0 Å². The number of carbonyl (C=O) groups is 1. The smallest absolute Gasteiger partial charge is 0.348 e. The number of aromatic nitrogens is 1. The summed E-state index contributed by atoms with van der Waals surface area (Å²) in [6.45, 7) is 0.0665. The Morgan fingerprint density at radius 1 is 1.14 bits per heavy atom. The van der Waals surface area contributed by atoms with E-state index >= 15 is 0 Å². The summed E-state index contributed by atoms with van der Waals surface area (Å²) in [6.07, 6.45) is -1.62. The van der Waals surface area contributed by atoms with Crippen molar-refractivity contribution in [2.75, 3.05) is 0 Å². The number of nitrogens with zero attached hydrogens (tertiary/aromatic N) is 1. The number of halogens is 4. The molecule has 1 aromatic carbocycles. The van der Waals surface area contributed by atoms with E-state index in [0.29, 0.717) is 23.8 Å². The van der Waals surface area contributed by atoms with Crippen LogP contribution in [0.5, 0.6) is 0 Å². The fourth-order valence-electron chi connectivity index (χ4n) is 1.65. The van der Waals surface area contributed by atoms with Gasteiger partial charge in [0.05, 0.1) is 11.1 Å². The van der Waals surface area contributed by atoms with Gasteiger partial charge in [0.1, 0.15) is 5.82 Å². The zero-order chi connectivity index (χ0) is 15.5. The van der Waals surface area contributed by atoms with Gasteiger partial charge in [0, 0.05) is 18.9 Å². The Hall–Kier alpha value is -2.44. The lowest BCUT2D eigenvalue weighted by molar-refractivity contribution is -0.137. The maximum Gasteiger partial charge on any atom is 0.416 e. The van der Waals surface area contributed by atoms with Crippen molar-refractivity contribution < 1.29 is 22.4 Å². The van der Waals surface area contributed by atoms with E-state index in [1.807, 2.05) is 0 Å². The van der Waals surface area contributed by atoms with Crippen LogP contribution in [0.15, 0.2) is 42.7 Å². The first-order valence-corrected chi connectivity index (χ1v) is 5.92. The zero-order valence-corrected chi connectivity index (χ0v) is 10.6. The Bertz CT molecular complexity index is 641. The lowest BCUT2D eigenvalue weighted by Gasteiger charge is -2.10. The molecule has 0 fully saturated rings. The molecule has 0 saturated carbocycles. The number of rotatable bonds is 3. The molecule has 2 aromatic rings. The summed E-state index contributed by atoms with van der Waals surface area (Å²) in [5.74, 6) is -1.91. The third-order valence-corrected chi connectivity index (χ3v) is 2.74. The first-order chi connectivity index (χ1) is 9.88. The lowest BCUT2D eigenvalue weighted by atomic mass is 10.1. The second-order valence-electron chi connectivity index (χ2n) is 4.23. The van der Waals surface area contributed by atoms with Gasteiger partial charge >= 0.3 is 6.18 Å². The van der Waals surface area contributed by atoms with Crippen molar-refractivity contribution in [2.45, 2.75) is 12.7 Å². The minimum atomic E-state index is -4.63. The highest BCUT2D eigenvalue weighted by Gasteiger charge is 2.31. The van der Waals surface area contributed by atoms with E-state index in [1.165, 1.54) is 12.4 Å². The highest BCUT2D eigenvalue weighted by atomic mass is 19.4. The van der Waals surface area contributed by atoms with E-state index in [4.69, 9.17) is 0 Å². The van der Waals surface area contributed by atoms with Gasteiger partial charge in [-0.25, -0.2) is 4.39 Å². The van der Waals surface area contributed by atoms with E-state index < -0.39 is 29.0 Å². The Morgan fingerprint density at radius 3 is 2.43 bits per heavy atom. The summed E-state index contributed by atoms with van der Waals surface area (Å²) in [4.78, 5) is 15.6. The molecular formula is C14H10F4N2O. The molecule has 1 heterocycles. The molecule has 7 heteroatoms. The molecule has 0 radical (unpaired) electrons. The van der Waals surface area contributed by atoms with Crippen LogP contribution < -0.4 is 5.32 Å². The molecule has 0 spiro atoms. The molecule has 21 heavy (non-hydrogen) atoms. The van der Waals surface area contributed by atoms with E-state index in [0.717, 1.165) is 0 Å². The first kappa shape index (κ1) is 15.0. The highest BCUT2D eigenvalue weighted by molar-refractivity contribution is 5.94. The first-order valence-electron chi connectivity index (χ1n) is 5.92. The van der Waals surface area contributed by atoms with E-state index in [2.05, 4.69) is 10.3 Å². The number of nitrogens with one attached hydrogen (secondary N) is 1. The Labute approximate surface area is 117 Å². The van der Waals surface area contributed by atoms with Crippen LogP contribution in [0.25, 0.3) is 0 Å². The van der Waals surface area contributed by atoms with E-state index in [1.54, 1.807) is 12.1 Å². The van der Waals surface area contributed by atoms with Gasteiger partial charge in [-0.3, -0.25) is 9.78 Å². The quantitative estimate of drug-likeness (QED) is 0.884. The number of alkyl halides is 3. The Morgan fingerprint density at radius 2 is 1.81 bits per heavy atom. The van der Waals surface area contributed by atoms with Crippen molar-refractivity contribution in [1.82, 2.24) is 10.3 Å². The minimum absolute atomic E-state index is 0.0665. The lowest BCUT2D eigenvalue weighted by Crippen LogP contribution is -2.24. The number of amides is 1. The van der Waals surface area contributed by atoms with Crippen LogP contribution in [0.4, 0.5) is 17.6 Å². The molecule has 0 unspecified atom stereocenters. The fraction of sp³-hybridized carbons (Fsp3) is 0.143. The van der Waals surface area contributed by atoms with Gasteiger partial charge < -0.3 is 5.32 Å². The third kappa shape index (κ3) is 3.77. The zero-order valence-electron chi connectivity index (χ0n) is 10.6. The number of hydrogen-bond donors (Lipinski definition) is 1. The van der Waals surface area contributed by atoms with Crippen LogP contribution in [0.3, 0.4) is 0 Å². The van der Waals surface area contributed by atoms with Crippen molar-refractivity contribution in [2.24, 2.45) is 0 Å². The van der Waals surface area contributed by atoms with Gasteiger partial charge in [0.25, 0.3) is 5.91 Å². The van der Waals surface area contributed by atoms with Crippen LogP contribution in [-0.2, 0) is 12.7 Å². The molecule has 0 bridgehead atoms. The molecule has 0 saturated heterocycles. The van der Waals surface area contributed by atoms with Crippen molar-refractivity contribution in [1.29, 1.82) is 0 Å². The van der Waals surface area contributed by atoms with E-state index in [9.17, 15) is 22.4 Å². The molecule has 1 amide bonds. The summed E-state index contributed by atoms with van der Waals surface area (Å²) < 4.78 is 51.2. The van der Waals surface area contributed by atoms with Crippen LogP contribution >= 0.6 is 0 Å². The molecule has 0 aliphatic rings. The van der Waals surface area contributed by atoms with Gasteiger partial charge in [-0.1, -0.05) is 0 Å². The van der Waals surface area contributed by atoms with Crippen molar-refractivity contribution in [3.8, 4) is 0 Å². The van der Waals surface area contributed by atoms with Crippen LogP contribution in [-0.4, -0.2) is 10.9 Å². The summed E-state index contributed by atoms with van der Waals surface area (Å²) in [7, 11) is 0. The average molecular weight is 298 g/mol. The summed E-state index contributed by atoms with van der Waals surface area (Å²) in [6, 6.07) is 4.97. The van der Waals surface area contributed by atoms with Gasteiger partial charge in [0.2, 0.25) is 0 Å². The third-order valence-electron chi connectivity index (χ3n) is 2.74. The summed E-state index contributed by atoms with van der Waals surface area (Å²) in [5.41, 5.74) is -1.01. The minimum Gasteiger partial charge on any atom is -0.348 e. The van der Waals surface area contributed by atoms with Crippen LogP contribution in [0.1, 0.15) is 21.5 Å². The fourth-order valence-corrected chi connectivity index (χ4v) is 1.65. The largest absolute Gasteiger partial charge is 0.416 e. The van der Waals surface area contributed by atoms with Gasteiger partial charge in [-0.05, 0) is 35.9 Å². The standard InChI is InChI=1S/C14H10F4N2O/c15-12-2-1-10(14(16,17)18)7-11(12)13(21)20-8-9-3-5-19-6-4-9/h1-7H,8H2,(H,20,21). The molecule has 1 N–H and O–H groups in total. The number of hydrogen-bond acceptors (Lipinski definition) is 2. The number of pyridine rings is 1. The van der Waals surface area contributed by atoms with Crippen molar-refractivity contribution in [3.05, 3.63) is 65.2 Å². The molecular weight excluding hydrogens is 288 g/mol. The van der Waals surface area contributed by atoms with Crippen molar-refractivity contribution >= 4 is 5.91 Å². The second-order valence-corrected chi connectivity index (χ2v) is 4.23. The van der Waals surface area contributed by atoms with E-state index in [-0.39, 0.29) is 6.54 Å². The molecule has 2 rings (SSSR count). The number of benzene rings is 1. The summed E-state index contributed by atoms with van der Waals surface area (Å²) in [5, 5.41) is 2.36.